The van der Waals surface area contributed by atoms with Crippen LogP contribution in [0.1, 0.15) is 51.2 Å². The monoisotopic (exact) mass is 275 g/mol. The van der Waals surface area contributed by atoms with Crippen LogP contribution in [0.2, 0.25) is 0 Å². The van der Waals surface area contributed by atoms with Gasteiger partial charge in [-0.25, -0.2) is 4.39 Å². The van der Waals surface area contributed by atoms with Crippen molar-refractivity contribution in [3.63, 3.8) is 0 Å². The predicted octanol–water partition coefficient (Wildman–Crippen LogP) is 4.22. The molecule has 20 heavy (non-hydrogen) atoms. The van der Waals surface area contributed by atoms with E-state index >= 15 is 0 Å². The van der Waals surface area contributed by atoms with Crippen molar-refractivity contribution in [2.75, 3.05) is 0 Å². The molecule has 0 aliphatic heterocycles. The van der Waals surface area contributed by atoms with Crippen molar-refractivity contribution >= 4 is 0 Å². The molecule has 2 nitrogen and oxygen atoms in total. The van der Waals surface area contributed by atoms with Gasteiger partial charge in [0.05, 0.1) is 17.6 Å². The number of halogens is 1. The highest BCUT2D eigenvalue weighted by atomic mass is 19.1. The van der Waals surface area contributed by atoms with Gasteiger partial charge >= 0.3 is 0 Å². The van der Waals surface area contributed by atoms with Gasteiger partial charge in [-0.1, -0.05) is 26.0 Å². The molecule has 0 heterocycles. The third-order valence-corrected chi connectivity index (χ3v) is 4.78. The van der Waals surface area contributed by atoms with Crippen molar-refractivity contribution in [2.45, 2.75) is 45.6 Å². The Hall–Kier alpha value is -1.40. The topological polar surface area (TPSA) is 44.0 Å². The highest BCUT2D eigenvalue weighted by molar-refractivity contribution is 5.24. The molecule has 1 unspecified atom stereocenters. The molecule has 0 aromatic heterocycles. The van der Waals surface area contributed by atoms with Crippen LogP contribution >= 0.6 is 0 Å². The molecule has 1 N–H and O–H groups in total. The maximum atomic E-state index is 13.3. The minimum absolute atomic E-state index is 0.370. The van der Waals surface area contributed by atoms with Gasteiger partial charge in [-0.05, 0) is 55.2 Å². The molecular weight excluding hydrogens is 253 g/mol. The summed E-state index contributed by atoms with van der Waals surface area (Å²) in [6.07, 6.45) is 2.37. The quantitative estimate of drug-likeness (QED) is 0.897. The van der Waals surface area contributed by atoms with Crippen LogP contribution in [0.5, 0.6) is 0 Å². The van der Waals surface area contributed by atoms with E-state index in [2.05, 4.69) is 19.9 Å². The van der Waals surface area contributed by atoms with E-state index in [1.54, 1.807) is 12.1 Å². The van der Waals surface area contributed by atoms with Crippen molar-refractivity contribution in [2.24, 2.45) is 17.3 Å². The van der Waals surface area contributed by atoms with Gasteiger partial charge in [0.1, 0.15) is 5.82 Å². The first-order valence-corrected chi connectivity index (χ1v) is 7.33. The molecule has 1 atom stereocenters. The first kappa shape index (κ1) is 15.0. The van der Waals surface area contributed by atoms with Gasteiger partial charge in [0, 0.05) is 0 Å². The van der Waals surface area contributed by atoms with E-state index in [4.69, 9.17) is 0 Å². The number of hydrogen-bond donors (Lipinski definition) is 1. The van der Waals surface area contributed by atoms with Gasteiger partial charge < -0.3 is 5.11 Å². The molecule has 1 aromatic rings. The van der Waals surface area contributed by atoms with Gasteiger partial charge in [-0.2, -0.15) is 5.26 Å². The smallest absolute Gasteiger partial charge is 0.123 e. The average Bonchev–Trinajstić information content (AvgIpc) is 2.46. The second kappa shape index (κ2) is 5.93. The summed E-state index contributed by atoms with van der Waals surface area (Å²) in [7, 11) is 0. The van der Waals surface area contributed by atoms with Crippen molar-refractivity contribution in [3.05, 3.63) is 35.6 Å². The molecule has 0 amide bonds. The fourth-order valence-electron chi connectivity index (χ4n) is 3.26. The highest BCUT2D eigenvalue weighted by Gasteiger charge is 2.42. The summed E-state index contributed by atoms with van der Waals surface area (Å²) in [5.41, 5.74) is -0.256. The summed E-state index contributed by atoms with van der Waals surface area (Å²) in [6, 6.07) is 8.28. The molecule has 1 fully saturated rings. The molecule has 108 valence electrons. The Morgan fingerprint density at radius 2 is 2.00 bits per heavy atom. The first-order chi connectivity index (χ1) is 9.48. The van der Waals surface area contributed by atoms with Crippen molar-refractivity contribution in [3.8, 4) is 6.07 Å². The van der Waals surface area contributed by atoms with Gasteiger partial charge in [-0.3, -0.25) is 0 Å². The Bertz CT molecular complexity index is 498. The molecule has 0 bridgehead atoms. The van der Waals surface area contributed by atoms with Crippen LogP contribution in [0.3, 0.4) is 0 Å². The van der Waals surface area contributed by atoms with Crippen LogP contribution < -0.4 is 0 Å². The normalized spacial score (nSPS) is 28.1. The fraction of sp³-hybridized carbons (Fsp3) is 0.588. The van der Waals surface area contributed by atoms with E-state index in [-0.39, 0.29) is 5.82 Å². The Kier molecular flexibility index (Phi) is 4.45. The van der Waals surface area contributed by atoms with Crippen LogP contribution in [-0.4, -0.2) is 5.11 Å². The van der Waals surface area contributed by atoms with E-state index < -0.39 is 11.5 Å². The molecule has 1 saturated carbocycles. The summed E-state index contributed by atoms with van der Waals surface area (Å²) in [6.45, 7) is 4.40. The molecule has 1 aliphatic rings. The van der Waals surface area contributed by atoms with E-state index in [1.165, 1.54) is 12.1 Å². The zero-order valence-electron chi connectivity index (χ0n) is 12.1. The fourth-order valence-corrected chi connectivity index (χ4v) is 3.26. The number of nitriles is 1. The summed E-state index contributed by atoms with van der Waals surface area (Å²) in [5.74, 6) is 0.861. The third-order valence-electron chi connectivity index (χ3n) is 4.78. The van der Waals surface area contributed by atoms with Crippen LogP contribution in [-0.2, 0) is 0 Å². The zero-order valence-corrected chi connectivity index (χ0v) is 12.1. The molecule has 2 rings (SSSR count). The maximum Gasteiger partial charge on any atom is 0.123 e. The second-order valence-electron chi connectivity index (χ2n) is 6.31. The van der Waals surface area contributed by atoms with E-state index in [0.29, 0.717) is 30.2 Å². The molecule has 1 aliphatic carbocycles. The van der Waals surface area contributed by atoms with Crippen molar-refractivity contribution in [1.29, 1.82) is 5.26 Å². The van der Waals surface area contributed by atoms with Gasteiger partial charge in [-0.15, -0.1) is 0 Å². The van der Waals surface area contributed by atoms with Crippen LogP contribution in [0.25, 0.3) is 0 Å². The SMILES string of the molecule is CC(C)C1CCC(C#N)(C(O)c2cccc(F)c2)CC1. The number of benzene rings is 1. The van der Waals surface area contributed by atoms with E-state index in [9.17, 15) is 14.8 Å². The minimum atomic E-state index is -0.906. The van der Waals surface area contributed by atoms with Gasteiger partial charge in [0.2, 0.25) is 0 Å². The standard InChI is InChI=1S/C17H22FNO/c1-12(2)13-6-8-17(11-19,9-7-13)16(20)14-4-3-5-15(18)10-14/h3-5,10,12-13,16,20H,6-9H2,1-2H3. The van der Waals surface area contributed by atoms with E-state index in [1.807, 2.05) is 0 Å². The van der Waals surface area contributed by atoms with Gasteiger partial charge in [0.25, 0.3) is 0 Å². The van der Waals surface area contributed by atoms with Gasteiger partial charge in [0.15, 0.2) is 0 Å². The van der Waals surface area contributed by atoms with Crippen LogP contribution in [0.15, 0.2) is 24.3 Å². The van der Waals surface area contributed by atoms with Crippen molar-refractivity contribution in [1.82, 2.24) is 0 Å². The number of nitrogens with zero attached hydrogens (tertiary/aromatic N) is 1. The molecule has 0 radical (unpaired) electrons. The third kappa shape index (κ3) is 2.86. The number of rotatable bonds is 3. The lowest BCUT2D eigenvalue weighted by Gasteiger charge is -2.39. The number of aliphatic hydroxyl groups is 1. The Balaban J connectivity index is 2.19. The van der Waals surface area contributed by atoms with Crippen LogP contribution in [0.4, 0.5) is 4.39 Å². The summed E-state index contributed by atoms with van der Waals surface area (Å²) in [4.78, 5) is 0. The first-order valence-electron chi connectivity index (χ1n) is 7.33. The number of hydrogen-bond acceptors (Lipinski definition) is 2. The molecule has 0 saturated heterocycles. The zero-order chi connectivity index (χ0) is 14.8. The molecule has 0 spiro atoms. The molecule has 1 aromatic carbocycles. The van der Waals surface area contributed by atoms with E-state index in [0.717, 1.165) is 12.8 Å². The molecule has 3 heteroatoms. The number of aliphatic hydroxyl groups excluding tert-OH is 1. The largest absolute Gasteiger partial charge is 0.387 e. The highest BCUT2D eigenvalue weighted by Crippen LogP contribution is 2.48. The maximum absolute atomic E-state index is 13.3. The lowest BCUT2D eigenvalue weighted by atomic mass is 9.65. The lowest BCUT2D eigenvalue weighted by molar-refractivity contribution is 0.0188. The molecular formula is C17H22FNO. The minimum Gasteiger partial charge on any atom is -0.387 e. The lowest BCUT2D eigenvalue weighted by Crippen LogP contribution is -2.33. The van der Waals surface area contributed by atoms with Crippen LogP contribution in [0, 0.1) is 34.4 Å². The summed E-state index contributed by atoms with van der Waals surface area (Å²) < 4.78 is 13.3. The van der Waals surface area contributed by atoms with Crippen molar-refractivity contribution < 1.29 is 9.50 Å². The second-order valence-corrected chi connectivity index (χ2v) is 6.31. The Morgan fingerprint density at radius 3 is 2.50 bits per heavy atom. The Labute approximate surface area is 120 Å². The summed E-state index contributed by atoms with van der Waals surface area (Å²) >= 11 is 0. The average molecular weight is 275 g/mol. The summed E-state index contributed by atoms with van der Waals surface area (Å²) in [5, 5.41) is 20.1. The Morgan fingerprint density at radius 1 is 1.35 bits per heavy atom. The predicted molar refractivity (Wildman–Crippen MR) is 76.2 cm³/mol.